The lowest BCUT2D eigenvalue weighted by Gasteiger charge is -2.17. The van der Waals surface area contributed by atoms with E-state index in [1.54, 1.807) is 24.5 Å². The van der Waals surface area contributed by atoms with Crippen LogP contribution < -0.4 is 5.01 Å². The lowest BCUT2D eigenvalue weighted by molar-refractivity contribution is -0.121. The zero-order valence-electron chi connectivity index (χ0n) is 8.67. The van der Waals surface area contributed by atoms with E-state index in [1.807, 2.05) is 0 Å². The first-order valence-electron chi connectivity index (χ1n) is 5.25. The minimum absolute atomic E-state index is 0.000833. The molecule has 1 aromatic heterocycles. The van der Waals surface area contributed by atoms with Gasteiger partial charge in [0.05, 0.1) is 24.6 Å². The van der Waals surface area contributed by atoms with Crippen molar-refractivity contribution in [1.82, 2.24) is 4.98 Å². The van der Waals surface area contributed by atoms with Crippen molar-refractivity contribution in [2.24, 2.45) is 11.0 Å². The number of nitrogens with zero attached hydrogens (tertiary/aromatic N) is 3. The summed E-state index contributed by atoms with van der Waals surface area (Å²) in [6.45, 7) is 1.12. The van der Waals surface area contributed by atoms with E-state index in [0.717, 1.165) is 17.8 Å². The van der Waals surface area contributed by atoms with Gasteiger partial charge in [0.1, 0.15) is 5.92 Å². The molecule has 3 heterocycles. The number of hydrogen-bond acceptors (Lipinski definition) is 4. The van der Waals surface area contributed by atoms with E-state index in [1.165, 1.54) is 5.01 Å². The van der Waals surface area contributed by atoms with E-state index in [0.29, 0.717) is 13.2 Å². The molecule has 0 aliphatic carbocycles. The number of anilines is 1. The van der Waals surface area contributed by atoms with Crippen LogP contribution in [0.25, 0.3) is 0 Å². The molecule has 5 nitrogen and oxygen atoms in total. The molecule has 3 rings (SSSR count). The van der Waals surface area contributed by atoms with Crippen LogP contribution in [0.3, 0.4) is 0 Å². The number of pyridine rings is 1. The van der Waals surface area contributed by atoms with Crippen LogP contribution in [0.5, 0.6) is 0 Å². The first kappa shape index (κ1) is 9.47. The summed E-state index contributed by atoms with van der Waals surface area (Å²) in [7, 11) is 0. The molecule has 0 saturated carbocycles. The topological polar surface area (TPSA) is 54.8 Å². The number of aromatic nitrogens is 1. The van der Waals surface area contributed by atoms with Crippen LogP contribution in [0.2, 0.25) is 0 Å². The van der Waals surface area contributed by atoms with Crippen LogP contribution in [-0.2, 0) is 9.53 Å². The average Bonchev–Trinajstić information content (AvgIpc) is 2.69. The highest BCUT2D eigenvalue weighted by molar-refractivity contribution is 6.15. The standard InChI is InChI=1S/C11H11N3O2/c15-11-9-7-16-6-3-10(9)13-14(11)8-1-4-12-5-2-8/h1-2,4-5,9H,3,6-7H2. The molecule has 1 amide bonds. The Kier molecular flexibility index (Phi) is 2.18. The second-order valence-corrected chi connectivity index (χ2v) is 3.82. The number of hydrazone groups is 1. The highest BCUT2D eigenvalue weighted by Gasteiger charge is 2.38. The quantitative estimate of drug-likeness (QED) is 0.699. The van der Waals surface area contributed by atoms with Crippen molar-refractivity contribution in [3.8, 4) is 0 Å². The molecule has 1 fully saturated rings. The number of ether oxygens (including phenoxy) is 1. The minimum atomic E-state index is -0.179. The molecule has 2 aliphatic heterocycles. The molecule has 0 radical (unpaired) electrons. The van der Waals surface area contributed by atoms with E-state index in [4.69, 9.17) is 4.74 Å². The molecule has 1 atom stereocenters. The highest BCUT2D eigenvalue weighted by Crippen LogP contribution is 2.26. The smallest absolute Gasteiger partial charge is 0.258 e. The first-order chi connectivity index (χ1) is 7.86. The molecule has 0 N–H and O–H groups in total. The monoisotopic (exact) mass is 217 g/mol. The molecule has 0 aromatic carbocycles. The molecule has 0 spiro atoms. The van der Waals surface area contributed by atoms with Crippen molar-refractivity contribution < 1.29 is 9.53 Å². The van der Waals surface area contributed by atoms with Crippen LogP contribution in [0.4, 0.5) is 5.69 Å². The summed E-state index contributed by atoms with van der Waals surface area (Å²) < 4.78 is 5.30. The summed E-state index contributed by atoms with van der Waals surface area (Å²) in [5.41, 5.74) is 1.70. The molecular formula is C11H11N3O2. The lowest BCUT2D eigenvalue weighted by Crippen LogP contribution is -2.33. The Morgan fingerprint density at radius 1 is 1.38 bits per heavy atom. The van der Waals surface area contributed by atoms with Crippen molar-refractivity contribution in [1.29, 1.82) is 0 Å². The fourth-order valence-corrected chi connectivity index (χ4v) is 1.98. The van der Waals surface area contributed by atoms with Gasteiger partial charge >= 0.3 is 0 Å². The maximum atomic E-state index is 12.1. The fourth-order valence-electron chi connectivity index (χ4n) is 1.98. The van der Waals surface area contributed by atoms with Crippen LogP contribution in [0.1, 0.15) is 6.42 Å². The Morgan fingerprint density at radius 2 is 2.19 bits per heavy atom. The molecule has 82 valence electrons. The fraction of sp³-hybridized carbons (Fsp3) is 0.364. The Labute approximate surface area is 92.7 Å². The highest BCUT2D eigenvalue weighted by atomic mass is 16.5. The number of fused-ring (bicyclic) bond motifs is 1. The van der Waals surface area contributed by atoms with Crippen molar-refractivity contribution in [3.05, 3.63) is 24.5 Å². The molecule has 1 aromatic rings. The van der Waals surface area contributed by atoms with Gasteiger partial charge in [-0.1, -0.05) is 0 Å². The van der Waals surface area contributed by atoms with Gasteiger partial charge in [-0.15, -0.1) is 0 Å². The third kappa shape index (κ3) is 1.40. The van der Waals surface area contributed by atoms with E-state index in [-0.39, 0.29) is 11.8 Å². The Morgan fingerprint density at radius 3 is 2.94 bits per heavy atom. The van der Waals surface area contributed by atoms with Gasteiger partial charge in [0.2, 0.25) is 0 Å². The predicted octanol–water partition coefficient (Wildman–Crippen LogP) is 0.821. The number of amides is 1. The first-order valence-corrected chi connectivity index (χ1v) is 5.25. The number of hydrogen-bond donors (Lipinski definition) is 0. The van der Waals surface area contributed by atoms with Gasteiger partial charge in [0.15, 0.2) is 0 Å². The van der Waals surface area contributed by atoms with Gasteiger partial charge in [-0.05, 0) is 12.1 Å². The zero-order chi connectivity index (χ0) is 11.0. The van der Waals surface area contributed by atoms with Crippen LogP contribution in [0.15, 0.2) is 29.6 Å². The van der Waals surface area contributed by atoms with Crippen LogP contribution in [0, 0.1) is 5.92 Å². The molecule has 1 unspecified atom stereocenters. The van der Waals surface area contributed by atoms with E-state index >= 15 is 0 Å². The van der Waals surface area contributed by atoms with E-state index < -0.39 is 0 Å². The normalized spacial score (nSPS) is 24.2. The molecular weight excluding hydrogens is 206 g/mol. The van der Waals surface area contributed by atoms with Gasteiger partial charge in [-0.2, -0.15) is 5.10 Å². The van der Waals surface area contributed by atoms with Gasteiger partial charge in [-0.25, -0.2) is 5.01 Å². The third-order valence-electron chi connectivity index (χ3n) is 2.83. The maximum absolute atomic E-state index is 12.1. The molecule has 2 aliphatic rings. The van der Waals surface area contributed by atoms with Crippen LogP contribution >= 0.6 is 0 Å². The minimum Gasteiger partial charge on any atom is -0.380 e. The predicted molar refractivity (Wildman–Crippen MR) is 58.1 cm³/mol. The summed E-state index contributed by atoms with van der Waals surface area (Å²) in [5.74, 6) is -0.178. The maximum Gasteiger partial charge on any atom is 0.258 e. The largest absolute Gasteiger partial charge is 0.380 e. The summed E-state index contributed by atoms with van der Waals surface area (Å²) in [5, 5.41) is 5.81. The Hall–Kier alpha value is -1.75. The summed E-state index contributed by atoms with van der Waals surface area (Å²) in [4.78, 5) is 16.0. The summed E-state index contributed by atoms with van der Waals surface area (Å²) in [6.07, 6.45) is 4.06. The SMILES string of the molecule is O=C1C2COCCC2=NN1c1ccncc1. The Bertz CT molecular complexity index is 444. The zero-order valence-corrected chi connectivity index (χ0v) is 8.67. The van der Waals surface area contributed by atoms with E-state index in [9.17, 15) is 4.79 Å². The van der Waals surface area contributed by atoms with Crippen molar-refractivity contribution in [2.75, 3.05) is 18.2 Å². The van der Waals surface area contributed by atoms with E-state index in [2.05, 4.69) is 10.1 Å². The van der Waals surface area contributed by atoms with Crippen LogP contribution in [-0.4, -0.2) is 29.8 Å². The molecule has 16 heavy (non-hydrogen) atoms. The average molecular weight is 217 g/mol. The van der Waals surface area contributed by atoms with Gasteiger partial charge in [-0.3, -0.25) is 9.78 Å². The second kappa shape index (κ2) is 3.68. The number of carbonyl (C=O) groups is 1. The molecule has 1 saturated heterocycles. The Balaban J connectivity index is 1.93. The van der Waals surface area contributed by atoms with Crippen molar-refractivity contribution in [3.63, 3.8) is 0 Å². The number of rotatable bonds is 1. The summed E-state index contributed by atoms with van der Waals surface area (Å²) >= 11 is 0. The van der Waals surface area contributed by atoms with Gasteiger partial charge in [0, 0.05) is 18.8 Å². The third-order valence-corrected chi connectivity index (χ3v) is 2.83. The lowest BCUT2D eigenvalue weighted by atomic mass is 10.0. The van der Waals surface area contributed by atoms with Gasteiger partial charge < -0.3 is 4.74 Å². The summed E-state index contributed by atoms with van der Waals surface area (Å²) in [6, 6.07) is 3.56. The molecule has 0 bridgehead atoms. The van der Waals surface area contributed by atoms with Gasteiger partial charge in [0.25, 0.3) is 5.91 Å². The van der Waals surface area contributed by atoms with Crippen molar-refractivity contribution >= 4 is 17.3 Å². The number of carbonyl (C=O) groups excluding carboxylic acids is 1. The van der Waals surface area contributed by atoms with Crippen molar-refractivity contribution in [2.45, 2.75) is 6.42 Å². The second-order valence-electron chi connectivity index (χ2n) is 3.82. The molecule has 5 heteroatoms.